The minimum atomic E-state index is -0.847. The fraction of sp³-hybridized carbons (Fsp3) is 0.571. The molecule has 0 saturated carbocycles. The number of hydrogen-bond acceptors (Lipinski definition) is 2. The van der Waals surface area contributed by atoms with Gasteiger partial charge in [0.15, 0.2) is 0 Å². The molecule has 11 heavy (non-hydrogen) atoms. The summed E-state index contributed by atoms with van der Waals surface area (Å²) < 4.78 is 0.440. The molecule has 0 aromatic carbocycles. The maximum Gasteiger partial charge on any atom is 0.322 e. The molecule has 0 radical (unpaired) electrons. The number of quaternary nitrogens is 1. The minimum absolute atomic E-state index is 0.0269. The van der Waals surface area contributed by atoms with Crippen LogP contribution in [0.2, 0.25) is 0 Å². The monoisotopic (exact) mass is 159 g/mol. The molecule has 0 spiro atoms. The Bertz CT molecular complexity index is 155. The molecule has 0 aliphatic heterocycles. The zero-order valence-electron chi connectivity index (χ0n) is 7.00. The molecular weight excluding hydrogens is 144 g/mol. The van der Waals surface area contributed by atoms with E-state index in [1.165, 1.54) is 0 Å². The van der Waals surface area contributed by atoms with Crippen molar-refractivity contribution >= 4 is 5.97 Å². The summed E-state index contributed by atoms with van der Waals surface area (Å²) in [6, 6.07) is 0. The van der Waals surface area contributed by atoms with Gasteiger partial charge in [0.2, 0.25) is 0 Å². The van der Waals surface area contributed by atoms with E-state index < -0.39 is 5.97 Å². The molecule has 0 saturated heterocycles. The molecule has 0 aliphatic rings. The molecule has 4 heteroatoms. The predicted molar refractivity (Wildman–Crippen MR) is 42.8 cm³/mol. The van der Waals surface area contributed by atoms with E-state index in [9.17, 15) is 4.79 Å². The Kier molecular flexibility index (Phi) is 3.78. The smallest absolute Gasteiger partial charge is 0.322 e. The van der Waals surface area contributed by atoms with Gasteiger partial charge in [0.05, 0.1) is 14.1 Å². The first-order valence-electron chi connectivity index (χ1n) is 3.39. The van der Waals surface area contributed by atoms with Gasteiger partial charge in [-0.2, -0.15) is 5.43 Å². The van der Waals surface area contributed by atoms with Crippen molar-refractivity contribution < 1.29 is 14.5 Å². The van der Waals surface area contributed by atoms with Gasteiger partial charge in [0.25, 0.3) is 0 Å². The van der Waals surface area contributed by atoms with Crippen molar-refractivity contribution in [2.45, 2.75) is 0 Å². The van der Waals surface area contributed by atoms with Crippen LogP contribution in [0, 0.1) is 0 Å². The molecule has 0 aromatic heterocycles. The number of likely N-dealkylation sites (N-methyl/N-ethyl adjacent to an activating group) is 1. The Labute approximate surface area is 66.7 Å². The van der Waals surface area contributed by atoms with Crippen LogP contribution in [-0.2, 0) is 4.79 Å². The maximum absolute atomic E-state index is 10.2. The Hall–Kier alpha value is -0.870. The highest BCUT2D eigenvalue weighted by molar-refractivity contribution is 5.68. The van der Waals surface area contributed by atoms with Crippen LogP contribution < -0.4 is 5.43 Å². The van der Waals surface area contributed by atoms with Crippen LogP contribution in [0.3, 0.4) is 0 Å². The van der Waals surface area contributed by atoms with E-state index in [-0.39, 0.29) is 6.54 Å². The number of carboxylic acids is 1. The topological polar surface area (TPSA) is 49.3 Å². The molecule has 0 aromatic rings. The molecule has 64 valence electrons. The first-order valence-corrected chi connectivity index (χ1v) is 3.39. The van der Waals surface area contributed by atoms with E-state index in [1.54, 1.807) is 6.08 Å². The van der Waals surface area contributed by atoms with Gasteiger partial charge in [0, 0.05) is 0 Å². The van der Waals surface area contributed by atoms with Crippen molar-refractivity contribution in [3.63, 3.8) is 0 Å². The lowest BCUT2D eigenvalue weighted by atomic mass is 10.5. The average molecular weight is 159 g/mol. The van der Waals surface area contributed by atoms with Gasteiger partial charge in [-0.25, -0.2) is 4.59 Å². The predicted octanol–water partition coefficient (Wildman–Crippen LogP) is -0.162. The van der Waals surface area contributed by atoms with Crippen LogP contribution in [-0.4, -0.2) is 42.9 Å². The summed E-state index contributed by atoms with van der Waals surface area (Å²) in [5.74, 6) is -0.847. The van der Waals surface area contributed by atoms with Crippen LogP contribution in [0.25, 0.3) is 0 Å². The fourth-order valence-corrected chi connectivity index (χ4v) is 0.669. The normalized spacial score (nSPS) is 11.1. The number of nitrogens with one attached hydrogen (secondary N) is 1. The van der Waals surface area contributed by atoms with Crippen molar-refractivity contribution in [2.75, 3.05) is 27.2 Å². The first-order chi connectivity index (χ1) is 4.98. The van der Waals surface area contributed by atoms with Crippen LogP contribution in [0.4, 0.5) is 0 Å². The van der Waals surface area contributed by atoms with E-state index in [1.807, 2.05) is 14.1 Å². The second-order valence-electron chi connectivity index (χ2n) is 2.88. The van der Waals surface area contributed by atoms with Gasteiger partial charge >= 0.3 is 5.97 Å². The molecule has 2 N–H and O–H groups in total. The van der Waals surface area contributed by atoms with Crippen molar-refractivity contribution in [3.05, 3.63) is 12.7 Å². The Morgan fingerprint density at radius 1 is 1.73 bits per heavy atom. The zero-order valence-corrected chi connectivity index (χ0v) is 7.00. The lowest BCUT2D eigenvalue weighted by Gasteiger charge is -2.27. The Morgan fingerprint density at radius 2 is 2.27 bits per heavy atom. The maximum atomic E-state index is 10.2. The second-order valence-corrected chi connectivity index (χ2v) is 2.88. The summed E-state index contributed by atoms with van der Waals surface area (Å²) >= 11 is 0. The number of aliphatic carboxylic acids is 1. The standard InChI is InChI=1S/C7H14N2O2/c1-4-5-9(2,3)8-6-7(10)11/h4,8H,1,5-6H2,2-3H3/p+1. The van der Waals surface area contributed by atoms with Gasteiger partial charge in [-0.1, -0.05) is 6.58 Å². The molecule has 0 fully saturated rings. The van der Waals surface area contributed by atoms with Gasteiger partial charge in [-0.15, -0.1) is 0 Å². The third kappa shape index (κ3) is 5.57. The third-order valence-electron chi connectivity index (χ3n) is 1.24. The summed E-state index contributed by atoms with van der Waals surface area (Å²) in [5, 5.41) is 8.35. The molecule has 0 unspecified atom stereocenters. The van der Waals surface area contributed by atoms with Crippen molar-refractivity contribution in [3.8, 4) is 0 Å². The second kappa shape index (κ2) is 4.10. The van der Waals surface area contributed by atoms with E-state index in [0.717, 1.165) is 0 Å². The van der Waals surface area contributed by atoms with Gasteiger partial charge < -0.3 is 5.11 Å². The number of carboxylic acid groups (broad SMARTS) is 1. The highest BCUT2D eigenvalue weighted by Crippen LogP contribution is 1.88. The van der Waals surface area contributed by atoms with Crippen LogP contribution in [0.1, 0.15) is 0 Å². The third-order valence-corrected chi connectivity index (χ3v) is 1.24. The SMILES string of the molecule is C=CC[N+](C)(C)NCC(=O)O. The van der Waals surface area contributed by atoms with E-state index in [0.29, 0.717) is 11.1 Å². The molecule has 0 rings (SSSR count). The minimum Gasteiger partial charge on any atom is -0.480 e. The van der Waals surface area contributed by atoms with Gasteiger partial charge in [-0.3, -0.25) is 4.79 Å². The summed E-state index contributed by atoms with van der Waals surface area (Å²) in [6.07, 6.45) is 1.74. The van der Waals surface area contributed by atoms with Gasteiger partial charge in [0.1, 0.15) is 13.1 Å². The lowest BCUT2D eigenvalue weighted by Crippen LogP contribution is -2.53. The summed E-state index contributed by atoms with van der Waals surface area (Å²) in [4.78, 5) is 10.2. The van der Waals surface area contributed by atoms with Crippen LogP contribution in [0.5, 0.6) is 0 Å². The molecule has 4 nitrogen and oxygen atoms in total. The molecule has 0 atom stereocenters. The first kappa shape index (κ1) is 10.1. The van der Waals surface area contributed by atoms with Crippen molar-refractivity contribution in [1.82, 2.24) is 5.43 Å². The molecular formula is C7H15N2O2+. The number of hydrogen-bond donors (Lipinski definition) is 2. The summed E-state index contributed by atoms with van der Waals surface area (Å²) in [5.41, 5.74) is 2.83. The summed E-state index contributed by atoms with van der Waals surface area (Å²) in [7, 11) is 3.76. The molecule has 0 amide bonds. The highest BCUT2D eigenvalue weighted by atomic mass is 16.4. The van der Waals surface area contributed by atoms with E-state index in [2.05, 4.69) is 12.0 Å². The summed E-state index contributed by atoms with van der Waals surface area (Å²) in [6.45, 7) is 4.24. The molecule has 0 aliphatic carbocycles. The quantitative estimate of drug-likeness (QED) is 0.333. The number of nitrogens with zero attached hydrogens (tertiary/aromatic N) is 1. The molecule has 0 heterocycles. The molecule has 0 bridgehead atoms. The fourth-order valence-electron chi connectivity index (χ4n) is 0.669. The highest BCUT2D eigenvalue weighted by Gasteiger charge is 2.13. The van der Waals surface area contributed by atoms with Gasteiger partial charge in [-0.05, 0) is 6.08 Å². The van der Waals surface area contributed by atoms with E-state index in [4.69, 9.17) is 5.11 Å². The number of rotatable bonds is 5. The lowest BCUT2D eigenvalue weighted by molar-refractivity contribution is -0.927. The Balaban J connectivity index is 3.71. The average Bonchev–Trinajstić information content (AvgIpc) is 1.84. The number of carbonyl (C=O) groups is 1. The van der Waals surface area contributed by atoms with Crippen LogP contribution >= 0.6 is 0 Å². The van der Waals surface area contributed by atoms with Crippen molar-refractivity contribution in [1.29, 1.82) is 0 Å². The van der Waals surface area contributed by atoms with Crippen molar-refractivity contribution in [2.24, 2.45) is 0 Å². The largest absolute Gasteiger partial charge is 0.480 e. The van der Waals surface area contributed by atoms with Crippen LogP contribution in [0.15, 0.2) is 12.7 Å². The van der Waals surface area contributed by atoms with E-state index >= 15 is 0 Å². The Morgan fingerprint density at radius 3 is 2.64 bits per heavy atom. The zero-order chi connectivity index (χ0) is 8.91.